The molecule has 6 nitrogen and oxygen atoms in total. The highest BCUT2D eigenvalue weighted by Crippen LogP contribution is 2.39. The Balaban J connectivity index is 1.42. The summed E-state index contributed by atoms with van der Waals surface area (Å²) in [7, 11) is 0. The van der Waals surface area contributed by atoms with E-state index in [1.165, 1.54) is 11.8 Å². The van der Waals surface area contributed by atoms with Crippen LogP contribution in [0.15, 0.2) is 47.2 Å². The van der Waals surface area contributed by atoms with Crippen LogP contribution in [-0.2, 0) is 6.42 Å². The highest BCUT2D eigenvalue weighted by atomic mass is 16.5. The first kappa shape index (κ1) is 17.2. The van der Waals surface area contributed by atoms with Gasteiger partial charge in [-0.15, -0.1) is 0 Å². The van der Waals surface area contributed by atoms with E-state index in [2.05, 4.69) is 34.3 Å². The highest BCUT2D eigenvalue weighted by molar-refractivity contribution is 5.92. The maximum atomic E-state index is 12.5. The fraction of sp³-hybridized carbons (Fsp3) is 0.500. The molecule has 6 heteroatoms. The summed E-state index contributed by atoms with van der Waals surface area (Å²) in [5, 5.41) is 14.7. The summed E-state index contributed by atoms with van der Waals surface area (Å²) in [5.74, 6) is -0.165. The molecule has 2 atom stereocenters. The fourth-order valence-electron chi connectivity index (χ4n) is 4.49. The number of nitrogens with zero attached hydrogens (tertiary/aromatic N) is 3. The largest absolute Gasteiger partial charge is 0.389 e. The van der Waals surface area contributed by atoms with Crippen molar-refractivity contribution in [2.75, 3.05) is 26.2 Å². The molecule has 1 N–H and O–H groups in total. The Morgan fingerprint density at radius 3 is 2.81 bits per heavy atom. The molecule has 2 aliphatic heterocycles. The van der Waals surface area contributed by atoms with Crippen LogP contribution in [0.1, 0.15) is 35.3 Å². The second kappa shape index (κ2) is 7.21. The number of likely N-dealkylation sites (tertiary alicyclic amines) is 2. The molecule has 3 heterocycles. The number of aromatic nitrogens is 1. The van der Waals surface area contributed by atoms with Crippen LogP contribution in [0, 0.1) is 0 Å². The second-order valence-electron chi connectivity index (χ2n) is 7.33. The summed E-state index contributed by atoms with van der Waals surface area (Å²) < 4.78 is 4.77. The standard InChI is InChI=1S/C20H25N3O3/c24-18-15-22(19(25)17-8-14-26-21-17)13-10-20(18)9-4-11-23(20)12-7-16-5-2-1-3-6-16/h1-3,5-6,8,14,18,24H,4,7,9-13,15H2/t18-,20-/m0/s1. The van der Waals surface area contributed by atoms with E-state index >= 15 is 0 Å². The fourth-order valence-corrected chi connectivity index (χ4v) is 4.49. The third-order valence-corrected chi connectivity index (χ3v) is 5.95. The number of rotatable bonds is 4. The molecular formula is C20H25N3O3. The Bertz CT molecular complexity index is 734. The van der Waals surface area contributed by atoms with Crippen molar-refractivity contribution in [2.24, 2.45) is 0 Å². The van der Waals surface area contributed by atoms with E-state index in [1.807, 2.05) is 6.07 Å². The first-order chi connectivity index (χ1) is 12.7. The molecule has 1 aromatic heterocycles. The van der Waals surface area contributed by atoms with Crippen LogP contribution in [0.5, 0.6) is 0 Å². The van der Waals surface area contributed by atoms with Crippen LogP contribution in [0.2, 0.25) is 0 Å². The van der Waals surface area contributed by atoms with Gasteiger partial charge in [0.25, 0.3) is 5.91 Å². The zero-order chi connectivity index (χ0) is 18.0. The number of benzene rings is 1. The zero-order valence-electron chi connectivity index (χ0n) is 14.9. The van der Waals surface area contributed by atoms with Gasteiger partial charge in [0.1, 0.15) is 6.26 Å². The number of aliphatic hydroxyl groups excluding tert-OH is 1. The van der Waals surface area contributed by atoms with Gasteiger partial charge in [0.05, 0.1) is 11.6 Å². The average Bonchev–Trinajstić information content (AvgIpc) is 3.33. The lowest BCUT2D eigenvalue weighted by molar-refractivity contribution is -0.0563. The molecule has 138 valence electrons. The topological polar surface area (TPSA) is 69.8 Å². The van der Waals surface area contributed by atoms with Crippen LogP contribution < -0.4 is 0 Å². The number of carbonyl (C=O) groups is 1. The third-order valence-electron chi connectivity index (χ3n) is 5.95. The molecular weight excluding hydrogens is 330 g/mol. The van der Waals surface area contributed by atoms with Crippen molar-refractivity contribution < 1.29 is 14.4 Å². The van der Waals surface area contributed by atoms with E-state index in [0.29, 0.717) is 18.8 Å². The number of piperidine rings is 1. The van der Waals surface area contributed by atoms with Crippen molar-refractivity contribution in [2.45, 2.75) is 37.3 Å². The van der Waals surface area contributed by atoms with E-state index in [1.54, 1.807) is 11.0 Å². The summed E-state index contributed by atoms with van der Waals surface area (Å²) in [6.45, 7) is 2.96. The van der Waals surface area contributed by atoms with E-state index in [-0.39, 0.29) is 11.4 Å². The number of carbonyl (C=O) groups excluding carboxylic acids is 1. The maximum Gasteiger partial charge on any atom is 0.276 e. The minimum Gasteiger partial charge on any atom is -0.389 e. The quantitative estimate of drug-likeness (QED) is 0.908. The number of hydrogen-bond donors (Lipinski definition) is 1. The Labute approximate surface area is 153 Å². The van der Waals surface area contributed by atoms with Crippen molar-refractivity contribution in [3.63, 3.8) is 0 Å². The van der Waals surface area contributed by atoms with Gasteiger partial charge in [-0.3, -0.25) is 9.69 Å². The van der Waals surface area contributed by atoms with Gasteiger partial charge in [-0.25, -0.2) is 0 Å². The highest BCUT2D eigenvalue weighted by Gasteiger charge is 2.49. The minimum atomic E-state index is -0.537. The minimum absolute atomic E-state index is 0.165. The van der Waals surface area contributed by atoms with Crippen molar-refractivity contribution in [3.05, 3.63) is 53.9 Å². The van der Waals surface area contributed by atoms with E-state index < -0.39 is 6.10 Å². The smallest absolute Gasteiger partial charge is 0.276 e. The second-order valence-corrected chi connectivity index (χ2v) is 7.33. The molecule has 0 bridgehead atoms. The van der Waals surface area contributed by atoms with Crippen molar-refractivity contribution in [1.29, 1.82) is 0 Å². The van der Waals surface area contributed by atoms with Crippen LogP contribution >= 0.6 is 0 Å². The number of hydrogen-bond acceptors (Lipinski definition) is 5. The summed E-state index contributed by atoms with van der Waals surface area (Å²) in [5.41, 5.74) is 1.43. The van der Waals surface area contributed by atoms with Crippen molar-refractivity contribution in [1.82, 2.24) is 15.0 Å². The SMILES string of the molecule is O=C(c1ccon1)N1CC[C@@]2(CCCN2CCc2ccccc2)[C@@H](O)C1. The van der Waals surface area contributed by atoms with Crippen molar-refractivity contribution in [3.8, 4) is 0 Å². The first-order valence-electron chi connectivity index (χ1n) is 9.36. The molecule has 1 amide bonds. The lowest BCUT2D eigenvalue weighted by atomic mass is 9.82. The molecule has 26 heavy (non-hydrogen) atoms. The van der Waals surface area contributed by atoms with Gasteiger partial charge < -0.3 is 14.5 Å². The predicted octanol–water partition coefficient (Wildman–Crippen LogP) is 1.96. The van der Waals surface area contributed by atoms with Gasteiger partial charge in [0.2, 0.25) is 0 Å². The zero-order valence-corrected chi connectivity index (χ0v) is 14.9. The van der Waals surface area contributed by atoms with Gasteiger partial charge >= 0.3 is 0 Å². The average molecular weight is 355 g/mol. The molecule has 0 unspecified atom stereocenters. The maximum absolute atomic E-state index is 12.5. The first-order valence-corrected chi connectivity index (χ1v) is 9.36. The Morgan fingerprint density at radius 2 is 2.08 bits per heavy atom. The molecule has 0 aliphatic carbocycles. The van der Waals surface area contributed by atoms with Gasteiger partial charge in [-0.2, -0.15) is 0 Å². The van der Waals surface area contributed by atoms with Crippen LogP contribution in [0.25, 0.3) is 0 Å². The third kappa shape index (κ3) is 3.15. The van der Waals surface area contributed by atoms with E-state index in [4.69, 9.17) is 4.52 Å². The number of aliphatic hydroxyl groups is 1. The molecule has 1 spiro atoms. The summed E-state index contributed by atoms with van der Waals surface area (Å²) in [6.07, 6.45) is 4.74. The summed E-state index contributed by atoms with van der Waals surface area (Å²) >= 11 is 0. The lowest BCUT2D eigenvalue weighted by Crippen LogP contribution is -2.62. The lowest BCUT2D eigenvalue weighted by Gasteiger charge is -2.48. The Morgan fingerprint density at radius 1 is 1.23 bits per heavy atom. The van der Waals surface area contributed by atoms with Gasteiger partial charge in [-0.05, 0) is 37.8 Å². The number of amides is 1. The summed E-state index contributed by atoms with van der Waals surface area (Å²) in [4.78, 5) is 16.6. The monoisotopic (exact) mass is 355 g/mol. The van der Waals surface area contributed by atoms with E-state index in [0.717, 1.165) is 38.8 Å². The van der Waals surface area contributed by atoms with Crippen LogP contribution in [0.4, 0.5) is 0 Å². The molecule has 2 aliphatic rings. The normalized spacial score (nSPS) is 26.5. The molecule has 1 aromatic carbocycles. The molecule has 4 rings (SSSR count). The number of β-amino-alcohol motifs (C(OH)–C–C–N with tert-alkyl or cyclic N) is 1. The summed E-state index contributed by atoms with van der Waals surface area (Å²) in [6, 6.07) is 12.0. The van der Waals surface area contributed by atoms with Crippen LogP contribution in [-0.4, -0.2) is 63.8 Å². The molecule has 0 radical (unpaired) electrons. The molecule has 2 saturated heterocycles. The molecule has 2 fully saturated rings. The molecule has 2 aromatic rings. The Hall–Kier alpha value is -2.18. The predicted molar refractivity (Wildman–Crippen MR) is 96.7 cm³/mol. The van der Waals surface area contributed by atoms with Crippen LogP contribution in [0.3, 0.4) is 0 Å². The van der Waals surface area contributed by atoms with Gasteiger partial charge in [0, 0.05) is 25.7 Å². The van der Waals surface area contributed by atoms with Gasteiger partial charge in [-0.1, -0.05) is 35.5 Å². The van der Waals surface area contributed by atoms with E-state index in [9.17, 15) is 9.90 Å². The van der Waals surface area contributed by atoms with Gasteiger partial charge in [0.15, 0.2) is 5.69 Å². The van der Waals surface area contributed by atoms with Crippen molar-refractivity contribution >= 4 is 5.91 Å². The Kier molecular flexibility index (Phi) is 4.78. The molecule has 0 saturated carbocycles.